The molecule has 0 radical (unpaired) electrons. The molecule has 0 aliphatic heterocycles. The lowest BCUT2D eigenvalue weighted by Gasteiger charge is -2.19. The lowest BCUT2D eigenvalue weighted by atomic mass is 9.87. The van der Waals surface area contributed by atoms with Crippen LogP contribution >= 0.6 is 11.3 Å². The summed E-state index contributed by atoms with van der Waals surface area (Å²) in [5.74, 6) is -1.03. The first-order chi connectivity index (χ1) is 11.2. The quantitative estimate of drug-likeness (QED) is 0.583. The van der Waals surface area contributed by atoms with Crippen molar-refractivity contribution in [2.75, 3.05) is 21.3 Å². The Hall–Kier alpha value is -2.15. The standard InChI is InChI=1S/C17H19FO5S/c1-17(2,16(20)23-5)8-10(19)13-6-9-12(24-13)7-11(21-3)15(22-4)14(9)18/h6-7H,8H2,1-5H3. The monoisotopic (exact) mass is 354 g/mol. The predicted octanol–water partition coefficient (Wildman–Crippen LogP) is 3.83. The van der Waals surface area contributed by atoms with Gasteiger partial charge in [-0.25, -0.2) is 4.39 Å². The molecule has 1 heterocycles. The summed E-state index contributed by atoms with van der Waals surface area (Å²) < 4.78 is 30.0. The molecule has 0 bridgehead atoms. The highest BCUT2D eigenvalue weighted by Crippen LogP contribution is 2.40. The molecule has 0 N–H and O–H groups in total. The summed E-state index contributed by atoms with van der Waals surface area (Å²) in [6.45, 7) is 3.27. The van der Waals surface area contributed by atoms with Crippen LogP contribution in [0.5, 0.6) is 11.5 Å². The Morgan fingerprint density at radius 2 is 1.83 bits per heavy atom. The van der Waals surface area contributed by atoms with Gasteiger partial charge in [0.25, 0.3) is 0 Å². The number of fused-ring (bicyclic) bond motifs is 1. The number of rotatable bonds is 6. The fourth-order valence-electron chi connectivity index (χ4n) is 2.42. The van der Waals surface area contributed by atoms with Crippen molar-refractivity contribution >= 4 is 33.2 Å². The molecule has 1 aromatic heterocycles. The molecule has 0 saturated carbocycles. The van der Waals surface area contributed by atoms with E-state index >= 15 is 0 Å². The minimum Gasteiger partial charge on any atom is -0.493 e. The van der Waals surface area contributed by atoms with E-state index in [1.165, 1.54) is 27.4 Å². The third kappa shape index (κ3) is 3.21. The van der Waals surface area contributed by atoms with Crippen molar-refractivity contribution < 1.29 is 28.2 Å². The number of thiophene rings is 1. The maximum Gasteiger partial charge on any atom is 0.311 e. The van der Waals surface area contributed by atoms with Gasteiger partial charge in [-0.1, -0.05) is 0 Å². The van der Waals surface area contributed by atoms with Gasteiger partial charge in [0.05, 0.1) is 31.6 Å². The second-order valence-electron chi connectivity index (χ2n) is 5.92. The van der Waals surface area contributed by atoms with Crippen molar-refractivity contribution in [1.29, 1.82) is 0 Å². The van der Waals surface area contributed by atoms with E-state index in [0.717, 1.165) is 11.3 Å². The van der Waals surface area contributed by atoms with Gasteiger partial charge in [0.1, 0.15) is 0 Å². The molecule has 0 fully saturated rings. The number of carbonyl (C=O) groups is 2. The number of hydrogen-bond donors (Lipinski definition) is 0. The van der Waals surface area contributed by atoms with E-state index in [-0.39, 0.29) is 29.1 Å². The number of Topliss-reactive ketones (excluding diaryl/α,β-unsaturated/α-hetero) is 1. The minimum atomic E-state index is -0.948. The molecule has 1 aromatic carbocycles. The van der Waals surface area contributed by atoms with Gasteiger partial charge in [-0.2, -0.15) is 0 Å². The molecule has 0 atom stereocenters. The van der Waals surface area contributed by atoms with Crippen LogP contribution in [-0.2, 0) is 9.53 Å². The average molecular weight is 354 g/mol. The van der Waals surface area contributed by atoms with Crippen molar-refractivity contribution in [2.24, 2.45) is 5.41 Å². The van der Waals surface area contributed by atoms with Gasteiger partial charge in [-0.3, -0.25) is 9.59 Å². The van der Waals surface area contributed by atoms with Gasteiger partial charge < -0.3 is 14.2 Å². The van der Waals surface area contributed by atoms with Gasteiger partial charge in [-0.15, -0.1) is 11.3 Å². The number of esters is 1. The molecule has 2 aromatic rings. The molecule has 0 aliphatic carbocycles. The van der Waals surface area contributed by atoms with Crippen molar-refractivity contribution in [1.82, 2.24) is 0 Å². The third-order valence-corrected chi connectivity index (χ3v) is 4.85. The van der Waals surface area contributed by atoms with Gasteiger partial charge >= 0.3 is 5.97 Å². The maximum atomic E-state index is 14.5. The Bertz CT molecular complexity index is 794. The molecule has 130 valence electrons. The van der Waals surface area contributed by atoms with Crippen LogP contribution in [-0.4, -0.2) is 33.1 Å². The molecule has 5 nitrogen and oxygen atoms in total. The van der Waals surface area contributed by atoms with Crippen molar-refractivity contribution in [3.63, 3.8) is 0 Å². The molecule has 0 saturated heterocycles. The number of ketones is 1. The first-order valence-electron chi connectivity index (χ1n) is 7.20. The smallest absolute Gasteiger partial charge is 0.311 e. The van der Waals surface area contributed by atoms with E-state index < -0.39 is 17.2 Å². The van der Waals surface area contributed by atoms with E-state index in [1.807, 2.05) is 0 Å². The highest BCUT2D eigenvalue weighted by Gasteiger charge is 2.32. The summed E-state index contributed by atoms with van der Waals surface area (Å²) in [5, 5.41) is 0.289. The Morgan fingerprint density at radius 3 is 2.38 bits per heavy atom. The van der Waals surface area contributed by atoms with E-state index in [1.54, 1.807) is 19.9 Å². The van der Waals surface area contributed by atoms with Crippen LogP contribution in [0.3, 0.4) is 0 Å². The molecular weight excluding hydrogens is 335 g/mol. The molecule has 0 aliphatic rings. The Balaban J connectivity index is 2.42. The normalized spacial score (nSPS) is 11.4. The Kier molecular flexibility index (Phi) is 5.13. The first-order valence-corrected chi connectivity index (χ1v) is 8.02. The number of hydrogen-bond acceptors (Lipinski definition) is 6. The van der Waals surface area contributed by atoms with Crippen LogP contribution in [0.25, 0.3) is 10.1 Å². The number of methoxy groups -OCH3 is 3. The SMILES string of the molecule is COC(=O)C(C)(C)CC(=O)c1cc2c(F)c(OC)c(OC)cc2s1. The van der Waals surface area contributed by atoms with E-state index in [2.05, 4.69) is 0 Å². The zero-order valence-corrected chi connectivity index (χ0v) is 15.0. The molecule has 7 heteroatoms. The molecule has 24 heavy (non-hydrogen) atoms. The number of carbonyl (C=O) groups excluding carboxylic acids is 2. The summed E-state index contributed by atoms with van der Waals surface area (Å²) in [7, 11) is 4.05. The first kappa shape index (κ1) is 18.2. The largest absolute Gasteiger partial charge is 0.493 e. The van der Waals surface area contributed by atoms with Crippen molar-refractivity contribution in [3.8, 4) is 11.5 Å². The second kappa shape index (κ2) is 6.76. The summed E-state index contributed by atoms with van der Waals surface area (Å²) >= 11 is 1.15. The van der Waals surface area contributed by atoms with E-state index in [9.17, 15) is 14.0 Å². The fourth-order valence-corrected chi connectivity index (χ4v) is 3.44. The highest BCUT2D eigenvalue weighted by molar-refractivity contribution is 7.20. The van der Waals surface area contributed by atoms with Crippen LogP contribution in [0.2, 0.25) is 0 Å². The van der Waals surface area contributed by atoms with E-state index in [0.29, 0.717) is 9.58 Å². The molecule has 0 amide bonds. The Labute approximate surface area is 143 Å². The fraction of sp³-hybridized carbons (Fsp3) is 0.412. The molecule has 0 spiro atoms. The number of halogens is 1. The average Bonchev–Trinajstić information content (AvgIpc) is 2.97. The van der Waals surface area contributed by atoms with Gasteiger partial charge in [0, 0.05) is 22.6 Å². The summed E-state index contributed by atoms with van der Waals surface area (Å²) in [6, 6.07) is 3.11. The summed E-state index contributed by atoms with van der Waals surface area (Å²) in [5.41, 5.74) is -0.948. The molecule has 2 rings (SSSR count). The highest BCUT2D eigenvalue weighted by atomic mass is 32.1. The maximum absolute atomic E-state index is 14.5. The van der Waals surface area contributed by atoms with Crippen molar-refractivity contribution in [2.45, 2.75) is 20.3 Å². The second-order valence-corrected chi connectivity index (χ2v) is 7.01. The van der Waals surface area contributed by atoms with Crippen LogP contribution in [0.15, 0.2) is 12.1 Å². The zero-order valence-electron chi connectivity index (χ0n) is 14.2. The zero-order chi connectivity index (χ0) is 18.1. The predicted molar refractivity (Wildman–Crippen MR) is 89.6 cm³/mol. The van der Waals surface area contributed by atoms with Crippen LogP contribution in [0.1, 0.15) is 29.9 Å². The van der Waals surface area contributed by atoms with E-state index in [4.69, 9.17) is 14.2 Å². The molecular formula is C17H19FO5S. The van der Waals surface area contributed by atoms with Gasteiger partial charge in [0.2, 0.25) is 0 Å². The van der Waals surface area contributed by atoms with Gasteiger partial charge in [0.15, 0.2) is 23.1 Å². The summed E-state index contributed by atoms with van der Waals surface area (Å²) in [6.07, 6.45) is -0.0254. The third-order valence-electron chi connectivity index (χ3n) is 3.72. The summed E-state index contributed by atoms with van der Waals surface area (Å²) in [4.78, 5) is 24.6. The van der Waals surface area contributed by atoms with Crippen LogP contribution in [0.4, 0.5) is 4.39 Å². The van der Waals surface area contributed by atoms with Crippen LogP contribution in [0, 0.1) is 11.2 Å². The lowest BCUT2D eigenvalue weighted by molar-refractivity contribution is -0.150. The Morgan fingerprint density at radius 1 is 1.17 bits per heavy atom. The molecule has 0 unspecified atom stereocenters. The number of benzene rings is 1. The topological polar surface area (TPSA) is 61.8 Å². The number of ether oxygens (including phenoxy) is 3. The lowest BCUT2D eigenvalue weighted by Crippen LogP contribution is -2.28. The van der Waals surface area contributed by atoms with Gasteiger partial charge in [-0.05, 0) is 19.9 Å². The van der Waals surface area contributed by atoms with Crippen molar-refractivity contribution in [3.05, 3.63) is 22.8 Å². The van der Waals surface area contributed by atoms with Crippen LogP contribution < -0.4 is 9.47 Å². The minimum absolute atomic E-state index is 0.00307.